The van der Waals surface area contributed by atoms with Gasteiger partial charge in [0.15, 0.2) is 6.10 Å². The highest BCUT2D eigenvalue weighted by atomic mass is 16.5. The Morgan fingerprint density at radius 2 is 1.86 bits per heavy atom. The minimum Gasteiger partial charge on any atom is -0.367 e. The Morgan fingerprint density at radius 1 is 1.23 bits per heavy atom. The van der Waals surface area contributed by atoms with Gasteiger partial charge in [-0.25, -0.2) is 0 Å². The number of piperazine rings is 1. The van der Waals surface area contributed by atoms with Crippen molar-refractivity contribution in [3.63, 3.8) is 0 Å². The predicted molar refractivity (Wildman–Crippen MR) is 87.7 cm³/mol. The van der Waals surface area contributed by atoms with E-state index >= 15 is 0 Å². The van der Waals surface area contributed by atoms with Crippen molar-refractivity contribution in [1.29, 1.82) is 0 Å². The summed E-state index contributed by atoms with van der Waals surface area (Å²) in [5.41, 5.74) is 0.884. The molecule has 0 aromatic heterocycles. The number of likely N-dealkylation sites (N-methyl/N-ethyl adjacent to an activating group) is 1. The van der Waals surface area contributed by atoms with Gasteiger partial charge in [0.2, 0.25) is 0 Å². The summed E-state index contributed by atoms with van der Waals surface area (Å²) in [6.07, 6.45) is -0.541. The first kappa shape index (κ1) is 16.9. The summed E-state index contributed by atoms with van der Waals surface area (Å²) in [5.74, 6) is -0.0744. The van der Waals surface area contributed by atoms with Gasteiger partial charge < -0.3 is 15.0 Å². The molecule has 0 spiro atoms. The van der Waals surface area contributed by atoms with Crippen LogP contribution in [-0.2, 0) is 9.53 Å². The molecule has 0 aliphatic carbocycles. The number of rotatable bonds is 6. The summed E-state index contributed by atoms with van der Waals surface area (Å²) in [6, 6.07) is 9.94. The predicted octanol–water partition coefficient (Wildman–Crippen LogP) is 1.13. The number of carbonyl (C=O) groups is 1. The summed E-state index contributed by atoms with van der Waals surface area (Å²) < 4.78 is 5.36. The number of nitrogens with zero attached hydrogens (tertiary/aromatic N) is 2. The maximum Gasteiger partial charge on any atom is 0.253 e. The van der Waals surface area contributed by atoms with E-state index in [0.29, 0.717) is 12.6 Å². The Labute approximate surface area is 133 Å². The van der Waals surface area contributed by atoms with Gasteiger partial charge in [-0.1, -0.05) is 30.3 Å². The molecule has 1 aliphatic heterocycles. The van der Waals surface area contributed by atoms with E-state index in [4.69, 9.17) is 4.74 Å². The molecule has 0 bridgehead atoms. The first-order valence-corrected chi connectivity index (χ1v) is 7.90. The summed E-state index contributed by atoms with van der Waals surface area (Å²) in [5, 5.41) is 3.02. The monoisotopic (exact) mass is 305 g/mol. The highest BCUT2D eigenvalue weighted by Gasteiger charge is 2.23. The molecule has 5 heteroatoms. The standard InChI is InChI=1S/C17H27N3O2/c1-14(20-11-9-19(2)10-12-20)13-18-17(21)16(22-3)15-7-5-4-6-8-15/h4-8,14,16H,9-13H2,1-3H3,(H,18,21)/t14-,16+/m1/s1. The zero-order valence-electron chi connectivity index (χ0n) is 13.8. The van der Waals surface area contributed by atoms with Gasteiger partial charge in [-0.05, 0) is 19.5 Å². The van der Waals surface area contributed by atoms with E-state index in [1.54, 1.807) is 7.11 Å². The van der Waals surface area contributed by atoms with E-state index < -0.39 is 6.10 Å². The number of carbonyl (C=O) groups excluding carboxylic acids is 1. The molecule has 1 amide bonds. The second kappa shape index (κ2) is 8.27. The lowest BCUT2D eigenvalue weighted by Crippen LogP contribution is -2.51. The van der Waals surface area contributed by atoms with Crippen molar-refractivity contribution in [3.05, 3.63) is 35.9 Å². The van der Waals surface area contributed by atoms with Crippen LogP contribution in [0.25, 0.3) is 0 Å². The molecule has 2 rings (SSSR count). The van der Waals surface area contributed by atoms with Crippen molar-refractivity contribution < 1.29 is 9.53 Å². The van der Waals surface area contributed by atoms with Crippen LogP contribution in [0, 0.1) is 0 Å². The molecule has 1 aliphatic rings. The summed E-state index contributed by atoms with van der Waals surface area (Å²) in [4.78, 5) is 17.1. The fourth-order valence-corrected chi connectivity index (χ4v) is 2.76. The van der Waals surface area contributed by atoms with Crippen LogP contribution in [0.15, 0.2) is 30.3 Å². The van der Waals surface area contributed by atoms with E-state index in [1.807, 2.05) is 30.3 Å². The van der Waals surface area contributed by atoms with Crippen molar-refractivity contribution in [1.82, 2.24) is 15.1 Å². The molecule has 122 valence electrons. The fraction of sp³-hybridized carbons (Fsp3) is 0.588. The summed E-state index contributed by atoms with van der Waals surface area (Å²) in [7, 11) is 3.72. The highest BCUT2D eigenvalue weighted by Crippen LogP contribution is 2.16. The molecule has 1 heterocycles. The van der Waals surface area contributed by atoms with Crippen LogP contribution in [0.3, 0.4) is 0 Å². The van der Waals surface area contributed by atoms with Gasteiger partial charge in [-0.15, -0.1) is 0 Å². The van der Waals surface area contributed by atoms with Crippen LogP contribution >= 0.6 is 0 Å². The molecule has 5 nitrogen and oxygen atoms in total. The second-order valence-electron chi connectivity index (χ2n) is 5.96. The molecule has 1 aromatic rings. The van der Waals surface area contributed by atoms with E-state index in [2.05, 4.69) is 29.1 Å². The van der Waals surface area contributed by atoms with Crippen molar-refractivity contribution in [2.45, 2.75) is 19.1 Å². The molecular formula is C17H27N3O2. The number of ether oxygens (including phenoxy) is 1. The number of amides is 1. The third kappa shape index (κ3) is 4.53. The minimum absolute atomic E-state index is 0.0744. The minimum atomic E-state index is -0.541. The number of hydrogen-bond acceptors (Lipinski definition) is 4. The molecule has 1 saturated heterocycles. The summed E-state index contributed by atoms with van der Waals surface area (Å²) >= 11 is 0. The lowest BCUT2D eigenvalue weighted by Gasteiger charge is -2.36. The van der Waals surface area contributed by atoms with Crippen molar-refractivity contribution in [2.24, 2.45) is 0 Å². The Kier molecular flexibility index (Phi) is 6.36. The zero-order chi connectivity index (χ0) is 15.9. The van der Waals surface area contributed by atoms with Gasteiger partial charge in [0.25, 0.3) is 5.91 Å². The summed E-state index contributed by atoms with van der Waals surface area (Å²) in [6.45, 7) is 7.09. The SMILES string of the molecule is CO[C@H](C(=O)NC[C@@H](C)N1CCN(C)CC1)c1ccccc1. The smallest absolute Gasteiger partial charge is 0.253 e. The fourth-order valence-electron chi connectivity index (χ4n) is 2.76. The lowest BCUT2D eigenvalue weighted by molar-refractivity contribution is -0.131. The Bertz CT molecular complexity index is 458. The quantitative estimate of drug-likeness (QED) is 0.856. The van der Waals surface area contributed by atoms with Gasteiger partial charge in [0.1, 0.15) is 0 Å². The van der Waals surface area contributed by atoms with E-state index in [-0.39, 0.29) is 5.91 Å². The van der Waals surface area contributed by atoms with E-state index in [9.17, 15) is 4.79 Å². The number of methoxy groups -OCH3 is 1. The average Bonchev–Trinajstić information content (AvgIpc) is 2.55. The van der Waals surface area contributed by atoms with Crippen LogP contribution < -0.4 is 5.32 Å². The number of benzene rings is 1. The van der Waals surface area contributed by atoms with Gasteiger partial charge in [-0.2, -0.15) is 0 Å². The number of hydrogen-bond donors (Lipinski definition) is 1. The maximum atomic E-state index is 12.4. The molecule has 1 N–H and O–H groups in total. The van der Waals surface area contributed by atoms with Crippen molar-refractivity contribution in [3.8, 4) is 0 Å². The van der Waals surface area contributed by atoms with E-state index in [1.165, 1.54) is 0 Å². The highest BCUT2D eigenvalue weighted by molar-refractivity contribution is 5.82. The molecule has 0 unspecified atom stereocenters. The lowest BCUT2D eigenvalue weighted by atomic mass is 10.1. The Morgan fingerprint density at radius 3 is 2.45 bits per heavy atom. The Balaban J connectivity index is 1.83. The first-order valence-electron chi connectivity index (χ1n) is 7.90. The molecule has 2 atom stereocenters. The van der Waals surface area contributed by atoms with E-state index in [0.717, 1.165) is 31.7 Å². The van der Waals surface area contributed by atoms with Gasteiger partial charge in [0.05, 0.1) is 0 Å². The second-order valence-corrected chi connectivity index (χ2v) is 5.96. The van der Waals surface area contributed by atoms with Gasteiger partial charge in [-0.3, -0.25) is 9.69 Å². The Hall–Kier alpha value is -1.43. The van der Waals surface area contributed by atoms with Crippen LogP contribution in [0.5, 0.6) is 0 Å². The first-order chi connectivity index (χ1) is 10.6. The zero-order valence-corrected chi connectivity index (χ0v) is 13.8. The molecule has 22 heavy (non-hydrogen) atoms. The van der Waals surface area contributed by atoms with Crippen LogP contribution in [0.2, 0.25) is 0 Å². The molecule has 0 saturated carbocycles. The van der Waals surface area contributed by atoms with Crippen molar-refractivity contribution in [2.75, 3.05) is 46.9 Å². The molecule has 1 fully saturated rings. The maximum absolute atomic E-state index is 12.4. The molecular weight excluding hydrogens is 278 g/mol. The van der Waals surface area contributed by atoms with Gasteiger partial charge >= 0.3 is 0 Å². The number of nitrogens with one attached hydrogen (secondary N) is 1. The van der Waals surface area contributed by atoms with Crippen LogP contribution in [-0.4, -0.2) is 68.6 Å². The third-order valence-electron chi connectivity index (χ3n) is 4.31. The van der Waals surface area contributed by atoms with Crippen LogP contribution in [0.1, 0.15) is 18.6 Å². The third-order valence-corrected chi connectivity index (χ3v) is 4.31. The average molecular weight is 305 g/mol. The van der Waals surface area contributed by atoms with Gasteiger partial charge in [0, 0.05) is 45.9 Å². The molecule has 0 radical (unpaired) electrons. The largest absolute Gasteiger partial charge is 0.367 e. The van der Waals surface area contributed by atoms with Crippen molar-refractivity contribution >= 4 is 5.91 Å². The normalized spacial score (nSPS) is 19.6. The topological polar surface area (TPSA) is 44.8 Å². The molecule has 1 aromatic carbocycles. The van der Waals surface area contributed by atoms with Crippen LogP contribution in [0.4, 0.5) is 0 Å².